The maximum Gasteiger partial charge on any atom is 0.337 e. The van der Waals surface area contributed by atoms with Crippen LogP contribution in [0.2, 0.25) is 0 Å². The lowest BCUT2D eigenvalue weighted by Crippen LogP contribution is -2.41. The number of guanidine groups is 1. The maximum atomic E-state index is 11.3. The number of nitrogens with two attached hydrogens (primary N) is 1. The molecular weight excluding hydrogens is 405 g/mol. The van der Waals surface area contributed by atoms with Crippen LogP contribution in [-0.4, -0.2) is 31.6 Å². The van der Waals surface area contributed by atoms with Gasteiger partial charge in [-0.2, -0.15) is 0 Å². The summed E-state index contributed by atoms with van der Waals surface area (Å²) in [5, 5.41) is 3.30. The summed E-state index contributed by atoms with van der Waals surface area (Å²) in [7, 11) is 1.38. The molecule has 5 nitrogen and oxygen atoms in total. The summed E-state index contributed by atoms with van der Waals surface area (Å²) in [6, 6.07) is 7.87. The fourth-order valence-corrected chi connectivity index (χ4v) is 2.73. The SMILES string of the molecule is COC(=O)c1ccc(CCN=C(N)NC2CCCCC2)cc1.I. The molecule has 1 fully saturated rings. The van der Waals surface area contributed by atoms with Gasteiger partial charge in [-0.05, 0) is 37.0 Å². The van der Waals surface area contributed by atoms with E-state index in [-0.39, 0.29) is 29.9 Å². The highest BCUT2D eigenvalue weighted by Gasteiger charge is 2.13. The first-order chi connectivity index (χ1) is 10.7. The van der Waals surface area contributed by atoms with Crippen molar-refractivity contribution in [2.45, 2.75) is 44.6 Å². The number of benzene rings is 1. The summed E-state index contributed by atoms with van der Waals surface area (Å²) in [6.45, 7) is 0.642. The number of nitrogens with zero attached hydrogens (tertiary/aromatic N) is 1. The third-order valence-corrected chi connectivity index (χ3v) is 4.01. The Morgan fingerprint density at radius 1 is 1.26 bits per heavy atom. The van der Waals surface area contributed by atoms with Crippen LogP contribution in [0.3, 0.4) is 0 Å². The van der Waals surface area contributed by atoms with Crippen molar-refractivity contribution in [3.63, 3.8) is 0 Å². The summed E-state index contributed by atoms with van der Waals surface area (Å²) >= 11 is 0. The molecule has 6 heteroatoms. The van der Waals surface area contributed by atoms with Crippen LogP contribution in [-0.2, 0) is 11.2 Å². The molecule has 0 heterocycles. The molecule has 23 heavy (non-hydrogen) atoms. The molecule has 0 aromatic heterocycles. The van der Waals surface area contributed by atoms with E-state index in [0.717, 1.165) is 12.0 Å². The Kier molecular flexibility index (Phi) is 8.98. The molecule has 2 rings (SSSR count). The highest BCUT2D eigenvalue weighted by Crippen LogP contribution is 2.17. The van der Waals surface area contributed by atoms with Crippen LogP contribution in [0.25, 0.3) is 0 Å². The first kappa shape index (κ1) is 19.7. The Hall–Kier alpha value is -1.31. The molecule has 0 spiro atoms. The number of ether oxygens (including phenoxy) is 1. The average molecular weight is 431 g/mol. The molecule has 1 aliphatic rings. The normalized spacial score (nSPS) is 15.6. The fraction of sp³-hybridized carbons (Fsp3) is 0.529. The third-order valence-electron chi connectivity index (χ3n) is 4.01. The van der Waals surface area contributed by atoms with E-state index < -0.39 is 0 Å². The van der Waals surface area contributed by atoms with Gasteiger partial charge in [0.2, 0.25) is 0 Å². The van der Waals surface area contributed by atoms with Crippen molar-refractivity contribution in [3.05, 3.63) is 35.4 Å². The summed E-state index contributed by atoms with van der Waals surface area (Å²) in [4.78, 5) is 15.7. The Balaban J connectivity index is 0.00000264. The van der Waals surface area contributed by atoms with Gasteiger partial charge in [-0.15, -0.1) is 24.0 Å². The molecule has 0 bridgehead atoms. The molecule has 0 aliphatic heterocycles. The number of halogens is 1. The third kappa shape index (κ3) is 6.76. The Labute approximate surface area is 155 Å². The Bertz CT molecular complexity index is 511. The van der Waals surface area contributed by atoms with Crippen molar-refractivity contribution >= 4 is 35.9 Å². The Morgan fingerprint density at radius 2 is 1.91 bits per heavy atom. The second-order valence-corrected chi connectivity index (χ2v) is 5.68. The predicted octanol–water partition coefficient (Wildman–Crippen LogP) is 2.87. The van der Waals surface area contributed by atoms with E-state index in [1.54, 1.807) is 12.1 Å². The molecule has 1 saturated carbocycles. The minimum Gasteiger partial charge on any atom is -0.465 e. The zero-order valence-electron chi connectivity index (χ0n) is 13.6. The second kappa shape index (κ2) is 10.5. The van der Waals surface area contributed by atoms with Gasteiger partial charge in [-0.3, -0.25) is 4.99 Å². The molecule has 0 saturated heterocycles. The minimum absolute atomic E-state index is 0. The lowest BCUT2D eigenvalue weighted by Gasteiger charge is -2.23. The van der Waals surface area contributed by atoms with Crippen molar-refractivity contribution < 1.29 is 9.53 Å². The number of methoxy groups -OCH3 is 1. The van der Waals surface area contributed by atoms with Crippen molar-refractivity contribution in [1.29, 1.82) is 0 Å². The second-order valence-electron chi connectivity index (χ2n) is 5.68. The van der Waals surface area contributed by atoms with Gasteiger partial charge in [-0.25, -0.2) is 4.79 Å². The van der Waals surface area contributed by atoms with Gasteiger partial charge in [-0.1, -0.05) is 31.4 Å². The number of nitrogens with one attached hydrogen (secondary N) is 1. The molecule has 0 amide bonds. The number of rotatable bonds is 5. The summed E-state index contributed by atoms with van der Waals surface area (Å²) in [5.41, 5.74) is 7.62. The topological polar surface area (TPSA) is 76.7 Å². The fourth-order valence-electron chi connectivity index (χ4n) is 2.73. The summed E-state index contributed by atoms with van der Waals surface area (Å²) in [6.07, 6.45) is 7.05. The van der Waals surface area contributed by atoms with Crippen molar-refractivity contribution in [3.8, 4) is 0 Å². The molecule has 1 aromatic rings. The minimum atomic E-state index is -0.314. The standard InChI is InChI=1S/C17H25N3O2.HI/c1-22-16(21)14-9-7-13(8-10-14)11-12-19-17(18)20-15-5-3-2-4-6-15;/h7-10,15H,2-6,11-12H2,1H3,(H3,18,19,20);1H. The number of carbonyl (C=O) groups is 1. The summed E-state index contributed by atoms with van der Waals surface area (Å²) in [5.74, 6) is 0.226. The van der Waals surface area contributed by atoms with Crippen LogP contribution in [0.1, 0.15) is 48.0 Å². The van der Waals surface area contributed by atoms with E-state index in [1.165, 1.54) is 39.2 Å². The number of esters is 1. The van der Waals surface area contributed by atoms with E-state index in [1.807, 2.05) is 12.1 Å². The molecule has 1 aliphatic carbocycles. The number of carbonyl (C=O) groups excluding carboxylic acids is 1. The first-order valence-corrected chi connectivity index (χ1v) is 7.93. The first-order valence-electron chi connectivity index (χ1n) is 7.93. The average Bonchev–Trinajstić information content (AvgIpc) is 2.55. The van der Waals surface area contributed by atoms with Gasteiger partial charge < -0.3 is 15.8 Å². The summed E-state index contributed by atoms with van der Waals surface area (Å²) < 4.78 is 4.68. The number of aliphatic imine (C=N–C) groups is 1. The smallest absolute Gasteiger partial charge is 0.337 e. The molecule has 0 atom stereocenters. The van der Waals surface area contributed by atoms with Gasteiger partial charge in [0.25, 0.3) is 0 Å². The van der Waals surface area contributed by atoms with Crippen LogP contribution in [0.4, 0.5) is 0 Å². The molecule has 0 radical (unpaired) electrons. The van der Waals surface area contributed by atoms with E-state index in [2.05, 4.69) is 15.0 Å². The molecule has 1 aromatic carbocycles. The zero-order valence-corrected chi connectivity index (χ0v) is 15.9. The van der Waals surface area contributed by atoms with Crippen LogP contribution in [0, 0.1) is 0 Å². The van der Waals surface area contributed by atoms with Crippen molar-refractivity contribution in [2.75, 3.05) is 13.7 Å². The van der Waals surface area contributed by atoms with Gasteiger partial charge in [0, 0.05) is 12.6 Å². The zero-order chi connectivity index (χ0) is 15.8. The lowest BCUT2D eigenvalue weighted by atomic mass is 9.96. The molecule has 0 unspecified atom stereocenters. The van der Waals surface area contributed by atoms with Gasteiger partial charge in [0.15, 0.2) is 5.96 Å². The predicted molar refractivity (Wildman–Crippen MR) is 103 cm³/mol. The van der Waals surface area contributed by atoms with Crippen LogP contribution < -0.4 is 11.1 Å². The van der Waals surface area contributed by atoms with E-state index >= 15 is 0 Å². The number of hydrogen-bond donors (Lipinski definition) is 2. The molecule has 3 N–H and O–H groups in total. The van der Waals surface area contributed by atoms with Gasteiger partial charge >= 0.3 is 5.97 Å². The van der Waals surface area contributed by atoms with Gasteiger partial charge in [0.1, 0.15) is 0 Å². The monoisotopic (exact) mass is 431 g/mol. The van der Waals surface area contributed by atoms with Gasteiger partial charge in [0.05, 0.1) is 12.7 Å². The highest BCUT2D eigenvalue weighted by atomic mass is 127. The molecular formula is C17H26IN3O2. The van der Waals surface area contributed by atoms with Crippen LogP contribution in [0.15, 0.2) is 29.3 Å². The maximum absolute atomic E-state index is 11.3. The van der Waals surface area contributed by atoms with E-state index in [0.29, 0.717) is 24.1 Å². The van der Waals surface area contributed by atoms with Crippen molar-refractivity contribution in [2.24, 2.45) is 10.7 Å². The lowest BCUT2D eigenvalue weighted by molar-refractivity contribution is 0.0600. The van der Waals surface area contributed by atoms with Crippen LogP contribution >= 0.6 is 24.0 Å². The highest BCUT2D eigenvalue weighted by molar-refractivity contribution is 14.0. The molecule has 128 valence electrons. The van der Waals surface area contributed by atoms with E-state index in [9.17, 15) is 4.79 Å². The quantitative estimate of drug-likeness (QED) is 0.325. The Morgan fingerprint density at radius 3 is 2.52 bits per heavy atom. The van der Waals surface area contributed by atoms with E-state index in [4.69, 9.17) is 5.73 Å². The number of hydrogen-bond acceptors (Lipinski definition) is 3. The largest absolute Gasteiger partial charge is 0.465 e. The van der Waals surface area contributed by atoms with Crippen molar-refractivity contribution in [1.82, 2.24) is 5.32 Å². The van der Waals surface area contributed by atoms with Crippen LogP contribution in [0.5, 0.6) is 0 Å².